The minimum atomic E-state index is -0.689. The Kier molecular flexibility index (Phi) is 12.9. The van der Waals surface area contributed by atoms with E-state index >= 15 is 0 Å². The van der Waals surface area contributed by atoms with Gasteiger partial charge in [0.25, 0.3) is 17.7 Å². The Morgan fingerprint density at radius 2 is 1.48 bits per heavy atom. The van der Waals surface area contributed by atoms with Gasteiger partial charge >= 0.3 is 5.97 Å². The zero-order valence-corrected chi connectivity index (χ0v) is 30.8. The van der Waals surface area contributed by atoms with Crippen molar-refractivity contribution in [3.63, 3.8) is 0 Å². The number of thiophene rings is 1. The van der Waals surface area contributed by atoms with E-state index in [1.54, 1.807) is 97.9 Å². The van der Waals surface area contributed by atoms with Crippen LogP contribution in [0.2, 0.25) is 10.0 Å². The zero-order chi connectivity index (χ0) is 37.2. The summed E-state index contributed by atoms with van der Waals surface area (Å²) in [7, 11) is 1.22. The Bertz CT molecular complexity index is 2180. The molecule has 4 aromatic carbocycles. The smallest absolute Gasteiger partial charge is 0.341 e. The number of hydrogen-bond acceptors (Lipinski definition) is 8. The number of rotatable bonds is 12. The maximum Gasteiger partial charge on any atom is 0.341 e. The number of nitrogens with one attached hydrogen (secondary N) is 4. The van der Waals surface area contributed by atoms with Crippen LogP contribution in [0.3, 0.4) is 0 Å². The number of amides is 4. The molecular weight excluding hydrogens is 743 g/mol. The molecular formula is C38H30Cl2N4O6S2. The van der Waals surface area contributed by atoms with Crippen molar-refractivity contribution in [3.8, 4) is 0 Å². The Morgan fingerprint density at radius 1 is 0.788 bits per heavy atom. The van der Waals surface area contributed by atoms with Gasteiger partial charge in [-0.2, -0.15) is 0 Å². The first-order chi connectivity index (χ1) is 25.0. The molecule has 0 aliphatic heterocycles. The highest BCUT2D eigenvalue weighted by Gasteiger charge is 2.26. The minimum absolute atomic E-state index is 0.0617. The van der Waals surface area contributed by atoms with Gasteiger partial charge in [-0.1, -0.05) is 71.7 Å². The van der Waals surface area contributed by atoms with Crippen LogP contribution in [-0.2, 0) is 14.3 Å². The number of ether oxygens (including phenoxy) is 1. The summed E-state index contributed by atoms with van der Waals surface area (Å²) in [5.74, 6) is -2.73. The highest BCUT2D eigenvalue weighted by atomic mass is 35.5. The number of halogens is 2. The maximum absolute atomic E-state index is 13.5. The molecule has 0 spiro atoms. The van der Waals surface area contributed by atoms with Gasteiger partial charge in [0.1, 0.15) is 10.7 Å². The van der Waals surface area contributed by atoms with Gasteiger partial charge in [0.2, 0.25) is 5.91 Å². The molecule has 0 aliphatic carbocycles. The van der Waals surface area contributed by atoms with Crippen molar-refractivity contribution in [3.05, 3.63) is 146 Å². The number of esters is 1. The fourth-order valence-electron chi connectivity index (χ4n) is 4.77. The second-order valence-corrected chi connectivity index (χ2v) is 13.8. The lowest BCUT2D eigenvalue weighted by Crippen LogP contribution is -2.30. The SMILES string of the molecule is COC(=O)c1c(NC(=O)CSc2cccc(NC(=O)/C(=C\c3ccc(Cl)cc3Cl)NC(=O)c3ccccc3)c2)sc(C(=O)Nc2ccccc2)c1C. The van der Waals surface area contributed by atoms with Crippen LogP contribution in [0.15, 0.2) is 114 Å². The summed E-state index contributed by atoms with van der Waals surface area (Å²) in [6, 6.07) is 28.8. The first kappa shape index (κ1) is 37.8. The van der Waals surface area contributed by atoms with Gasteiger partial charge < -0.3 is 26.0 Å². The first-order valence-corrected chi connectivity index (χ1v) is 18.0. The molecule has 0 saturated carbocycles. The fraction of sp³-hybridized carbons (Fsp3) is 0.0789. The third-order valence-electron chi connectivity index (χ3n) is 7.28. The van der Waals surface area contributed by atoms with E-state index < -0.39 is 29.6 Å². The van der Waals surface area contributed by atoms with Crippen molar-refractivity contribution in [2.45, 2.75) is 11.8 Å². The van der Waals surface area contributed by atoms with Crippen LogP contribution >= 0.6 is 46.3 Å². The lowest BCUT2D eigenvalue weighted by Gasteiger charge is -2.13. The van der Waals surface area contributed by atoms with E-state index in [-0.39, 0.29) is 31.9 Å². The standard InChI is InChI=1S/C38H30Cl2N4O6S2/c1-22-32(38(49)50-2)37(52-33(22)36(48)41-26-12-7-4-8-13-26)44-31(45)21-51-28-15-9-14-27(20-28)42-35(47)30(18-24-16-17-25(39)19-29(24)40)43-34(46)23-10-5-3-6-11-23/h3-20H,21H2,1-2H3,(H,41,48)(H,42,47)(H,43,46)(H,44,45)/b30-18+. The van der Waals surface area contributed by atoms with E-state index in [0.29, 0.717) is 38.0 Å². The van der Waals surface area contributed by atoms with E-state index in [9.17, 15) is 24.0 Å². The van der Waals surface area contributed by atoms with Crippen molar-refractivity contribution in [1.82, 2.24) is 5.32 Å². The largest absolute Gasteiger partial charge is 0.465 e. The van der Waals surface area contributed by atoms with Crippen LogP contribution in [0.25, 0.3) is 6.08 Å². The predicted octanol–water partition coefficient (Wildman–Crippen LogP) is 8.54. The highest BCUT2D eigenvalue weighted by molar-refractivity contribution is 8.00. The number of carbonyl (C=O) groups is 5. The summed E-state index contributed by atoms with van der Waals surface area (Å²) >= 11 is 14.6. The Morgan fingerprint density at radius 3 is 2.17 bits per heavy atom. The third kappa shape index (κ3) is 9.89. The predicted molar refractivity (Wildman–Crippen MR) is 208 cm³/mol. The minimum Gasteiger partial charge on any atom is -0.465 e. The molecule has 52 heavy (non-hydrogen) atoms. The summed E-state index contributed by atoms with van der Waals surface area (Å²) < 4.78 is 4.93. The molecule has 10 nitrogen and oxygen atoms in total. The molecule has 14 heteroatoms. The lowest BCUT2D eigenvalue weighted by atomic mass is 10.1. The summed E-state index contributed by atoms with van der Waals surface area (Å²) in [6.45, 7) is 1.62. The van der Waals surface area contributed by atoms with Crippen molar-refractivity contribution in [2.75, 3.05) is 28.8 Å². The van der Waals surface area contributed by atoms with Crippen LogP contribution in [0.4, 0.5) is 16.4 Å². The van der Waals surface area contributed by atoms with Crippen molar-refractivity contribution in [1.29, 1.82) is 0 Å². The van der Waals surface area contributed by atoms with E-state index in [4.69, 9.17) is 27.9 Å². The quantitative estimate of drug-likeness (QED) is 0.0566. The lowest BCUT2D eigenvalue weighted by molar-refractivity contribution is -0.114. The topological polar surface area (TPSA) is 143 Å². The van der Waals surface area contributed by atoms with Gasteiger partial charge in [0, 0.05) is 31.9 Å². The van der Waals surface area contributed by atoms with Crippen LogP contribution in [0.1, 0.15) is 41.5 Å². The maximum atomic E-state index is 13.5. The molecule has 1 heterocycles. The van der Waals surface area contributed by atoms with Crippen LogP contribution < -0.4 is 21.3 Å². The summed E-state index contributed by atoms with van der Waals surface area (Å²) in [5, 5.41) is 11.9. The Labute approximate surface area is 317 Å². The van der Waals surface area contributed by atoms with Gasteiger partial charge in [0.15, 0.2) is 0 Å². The molecule has 0 saturated heterocycles. The van der Waals surface area contributed by atoms with Crippen LogP contribution in [-0.4, -0.2) is 42.5 Å². The van der Waals surface area contributed by atoms with E-state index in [0.717, 1.165) is 11.3 Å². The summed E-state index contributed by atoms with van der Waals surface area (Å²) in [4.78, 5) is 66.3. The molecule has 5 aromatic rings. The molecule has 0 fully saturated rings. The molecule has 0 aliphatic rings. The normalized spacial score (nSPS) is 11.0. The average molecular weight is 774 g/mol. The second-order valence-electron chi connectivity index (χ2n) is 10.9. The zero-order valence-electron chi connectivity index (χ0n) is 27.6. The molecule has 0 unspecified atom stereocenters. The molecule has 1 aromatic heterocycles. The molecule has 264 valence electrons. The first-order valence-electron chi connectivity index (χ1n) is 15.5. The third-order valence-corrected chi connectivity index (χ3v) is 10.0. The second kappa shape index (κ2) is 17.7. The average Bonchev–Trinajstić information content (AvgIpc) is 3.47. The number of para-hydroxylation sites is 1. The molecule has 4 amide bonds. The monoisotopic (exact) mass is 772 g/mol. The van der Waals surface area contributed by atoms with Crippen molar-refractivity contribution >= 4 is 98.4 Å². The molecule has 0 atom stereocenters. The number of thioether (sulfide) groups is 1. The van der Waals surface area contributed by atoms with E-state index in [1.807, 2.05) is 6.07 Å². The van der Waals surface area contributed by atoms with Crippen LogP contribution in [0.5, 0.6) is 0 Å². The van der Waals surface area contributed by atoms with Gasteiger partial charge in [0.05, 0.1) is 23.3 Å². The van der Waals surface area contributed by atoms with Gasteiger partial charge in [-0.05, 0) is 78.7 Å². The van der Waals surface area contributed by atoms with Gasteiger partial charge in [-0.15, -0.1) is 23.1 Å². The number of hydrogen-bond donors (Lipinski definition) is 4. The highest BCUT2D eigenvalue weighted by Crippen LogP contribution is 2.35. The fourth-order valence-corrected chi connectivity index (χ4v) is 7.09. The summed E-state index contributed by atoms with van der Waals surface area (Å²) in [6.07, 6.45) is 1.45. The van der Waals surface area contributed by atoms with Gasteiger partial charge in [-0.25, -0.2) is 4.79 Å². The molecule has 4 N–H and O–H groups in total. The molecule has 5 rings (SSSR count). The number of methoxy groups -OCH3 is 1. The number of anilines is 3. The van der Waals surface area contributed by atoms with E-state index in [2.05, 4.69) is 21.3 Å². The Balaban J connectivity index is 1.28. The summed E-state index contributed by atoms with van der Waals surface area (Å²) in [5.41, 5.74) is 2.19. The number of carbonyl (C=O) groups excluding carboxylic acids is 5. The van der Waals surface area contributed by atoms with E-state index in [1.165, 1.54) is 31.0 Å². The molecule has 0 radical (unpaired) electrons. The van der Waals surface area contributed by atoms with Gasteiger partial charge in [-0.3, -0.25) is 19.2 Å². The molecule has 0 bridgehead atoms. The van der Waals surface area contributed by atoms with Crippen LogP contribution in [0, 0.1) is 6.92 Å². The number of benzene rings is 4. The van der Waals surface area contributed by atoms with Crippen molar-refractivity contribution < 1.29 is 28.7 Å². The van der Waals surface area contributed by atoms with Crippen molar-refractivity contribution in [2.24, 2.45) is 0 Å². The Hall–Kier alpha value is -5.40.